The Morgan fingerprint density at radius 1 is 1.21 bits per heavy atom. The fourth-order valence-corrected chi connectivity index (χ4v) is 2.87. The van der Waals surface area contributed by atoms with Crippen molar-refractivity contribution in [3.05, 3.63) is 58.9 Å². The standard InChI is InChI=1S/C19H20FN5O3/c1-11-9-16(23-28-11)21-17(26)10-24(4)19(27)18-12(2)22-25(13(18)3)15-7-5-14(20)6-8-15/h5-9H,10H2,1-4H3,(H,21,23,26). The van der Waals surface area contributed by atoms with Gasteiger partial charge in [0.1, 0.15) is 11.6 Å². The zero-order chi connectivity index (χ0) is 20.4. The molecule has 0 saturated carbocycles. The lowest BCUT2D eigenvalue weighted by atomic mass is 10.1. The summed E-state index contributed by atoms with van der Waals surface area (Å²) in [5.74, 6) is -0.228. The van der Waals surface area contributed by atoms with Gasteiger partial charge in [0, 0.05) is 13.1 Å². The van der Waals surface area contributed by atoms with Crippen LogP contribution in [0.15, 0.2) is 34.9 Å². The van der Waals surface area contributed by atoms with Crippen molar-refractivity contribution in [1.29, 1.82) is 0 Å². The van der Waals surface area contributed by atoms with Gasteiger partial charge in [-0.3, -0.25) is 9.59 Å². The second kappa shape index (κ2) is 7.63. The molecule has 2 heterocycles. The number of aromatic nitrogens is 3. The molecular formula is C19H20FN5O3. The second-order valence-electron chi connectivity index (χ2n) is 6.47. The summed E-state index contributed by atoms with van der Waals surface area (Å²) in [5.41, 5.74) is 2.17. The van der Waals surface area contributed by atoms with Gasteiger partial charge in [0.05, 0.1) is 29.2 Å². The molecule has 3 aromatic rings. The van der Waals surface area contributed by atoms with E-state index in [9.17, 15) is 14.0 Å². The Morgan fingerprint density at radius 2 is 1.89 bits per heavy atom. The fraction of sp³-hybridized carbons (Fsp3) is 0.263. The van der Waals surface area contributed by atoms with E-state index in [1.807, 2.05) is 0 Å². The van der Waals surface area contributed by atoms with Crippen LogP contribution in [-0.4, -0.2) is 45.2 Å². The van der Waals surface area contributed by atoms with Crippen LogP contribution >= 0.6 is 0 Å². The maximum atomic E-state index is 13.2. The summed E-state index contributed by atoms with van der Waals surface area (Å²) in [5, 5.41) is 10.6. The molecule has 28 heavy (non-hydrogen) atoms. The minimum absolute atomic E-state index is 0.161. The first-order valence-corrected chi connectivity index (χ1v) is 8.57. The summed E-state index contributed by atoms with van der Waals surface area (Å²) in [6.45, 7) is 5.02. The van der Waals surface area contributed by atoms with Crippen LogP contribution in [0.1, 0.15) is 27.5 Å². The number of benzene rings is 1. The van der Waals surface area contributed by atoms with Crippen LogP contribution in [0.5, 0.6) is 0 Å². The van der Waals surface area contributed by atoms with Gasteiger partial charge in [0.15, 0.2) is 5.82 Å². The van der Waals surface area contributed by atoms with Crippen molar-refractivity contribution in [2.24, 2.45) is 0 Å². The Hall–Kier alpha value is -3.49. The van der Waals surface area contributed by atoms with Crippen LogP contribution < -0.4 is 5.32 Å². The van der Waals surface area contributed by atoms with Crippen molar-refractivity contribution in [3.8, 4) is 5.69 Å². The van der Waals surface area contributed by atoms with Crippen LogP contribution in [0.2, 0.25) is 0 Å². The monoisotopic (exact) mass is 385 g/mol. The molecule has 0 saturated heterocycles. The van der Waals surface area contributed by atoms with Crippen LogP contribution in [0.25, 0.3) is 5.69 Å². The van der Waals surface area contributed by atoms with Gasteiger partial charge in [-0.2, -0.15) is 5.10 Å². The van der Waals surface area contributed by atoms with Crippen LogP contribution in [0, 0.1) is 26.6 Å². The molecule has 0 unspecified atom stereocenters. The number of halogens is 1. The molecule has 146 valence electrons. The van der Waals surface area contributed by atoms with Crippen molar-refractivity contribution in [3.63, 3.8) is 0 Å². The van der Waals surface area contributed by atoms with Crippen molar-refractivity contribution in [2.75, 3.05) is 18.9 Å². The number of hydrogen-bond acceptors (Lipinski definition) is 5. The maximum absolute atomic E-state index is 13.2. The molecule has 9 heteroatoms. The summed E-state index contributed by atoms with van der Waals surface area (Å²) in [4.78, 5) is 26.3. The minimum Gasteiger partial charge on any atom is -0.360 e. The molecule has 0 fully saturated rings. The summed E-state index contributed by atoms with van der Waals surface area (Å²) in [7, 11) is 1.53. The highest BCUT2D eigenvalue weighted by Crippen LogP contribution is 2.20. The number of nitrogens with zero attached hydrogens (tertiary/aromatic N) is 4. The van der Waals surface area contributed by atoms with Crippen molar-refractivity contribution < 1.29 is 18.5 Å². The molecule has 0 aliphatic rings. The zero-order valence-electron chi connectivity index (χ0n) is 16.0. The predicted octanol–water partition coefficient (Wildman–Crippen LogP) is 2.64. The third kappa shape index (κ3) is 3.93. The molecule has 1 N–H and O–H groups in total. The van der Waals surface area contributed by atoms with Gasteiger partial charge < -0.3 is 14.7 Å². The van der Waals surface area contributed by atoms with Gasteiger partial charge in [0.2, 0.25) is 5.91 Å². The molecule has 0 bridgehead atoms. The molecule has 0 aliphatic heterocycles. The first kappa shape index (κ1) is 19.3. The van der Waals surface area contributed by atoms with Gasteiger partial charge >= 0.3 is 0 Å². The molecule has 0 aliphatic carbocycles. The third-order valence-electron chi connectivity index (χ3n) is 4.20. The predicted molar refractivity (Wildman–Crippen MR) is 99.8 cm³/mol. The molecule has 0 atom stereocenters. The zero-order valence-corrected chi connectivity index (χ0v) is 16.0. The first-order chi connectivity index (χ1) is 13.3. The van der Waals surface area contributed by atoms with Crippen molar-refractivity contribution >= 4 is 17.6 Å². The van der Waals surface area contributed by atoms with E-state index >= 15 is 0 Å². The van der Waals surface area contributed by atoms with Gasteiger partial charge in [-0.05, 0) is 45.0 Å². The first-order valence-electron chi connectivity index (χ1n) is 8.57. The Balaban J connectivity index is 1.76. The third-order valence-corrected chi connectivity index (χ3v) is 4.20. The summed E-state index contributed by atoms with van der Waals surface area (Å²) in [6, 6.07) is 7.41. The Bertz CT molecular complexity index is 1020. The summed E-state index contributed by atoms with van der Waals surface area (Å²) >= 11 is 0. The number of anilines is 1. The number of carbonyl (C=O) groups is 2. The van der Waals surface area contributed by atoms with Gasteiger partial charge in [0.25, 0.3) is 5.91 Å². The fourth-order valence-electron chi connectivity index (χ4n) is 2.87. The molecule has 1 aromatic carbocycles. The van der Waals surface area contributed by atoms with E-state index in [0.717, 1.165) is 0 Å². The number of hydrogen-bond donors (Lipinski definition) is 1. The molecule has 3 rings (SSSR count). The number of rotatable bonds is 5. The highest BCUT2D eigenvalue weighted by molar-refractivity contribution is 6.00. The quantitative estimate of drug-likeness (QED) is 0.729. The van der Waals surface area contributed by atoms with E-state index in [1.54, 1.807) is 43.7 Å². The summed E-state index contributed by atoms with van der Waals surface area (Å²) < 4.78 is 19.6. The Labute approximate surface area is 160 Å². The van der Waals surface area contributed by atoms with Gasteiger partial charge in [-0.15, -0.1) is 0 Å². The smallest absolute Gasteiger partial charge is 0.257 e. The topological polar surface area (TPSA) is 93.3 Å². The number of aryl methyl sites for hydroxylation is 2. The van der Waals surface area contributed by atoms with Crippen molar-refractivity contribution in [2.45, 2.75) is 20.8 Å². The highest BCUT2D eigenvalue weighted by Gasteiger charge is 2.24. The van der Waals surface area contributed by atoms with E-state index in [1.165, 1.54) is 24.1 Å². The van der Waals surface area contributed by atoms with Crippen LogP contribution in [0.3, 0.4) is 0 Å². The highest BCUT2D eigenvalue weighted by atomic mass is 19.1. The molecular weight excluding hydrogens is 365 g/mol. The number of nitrogens with one attached hydrogen (secondary N) is 1. The van der Waals surface area contributed by atoms with Crippen LogP contribution in [-0.2, 0) is 4.79 Å². The minimum atomic E-state index is -0.398. The van der Waals surface area contributed by atoms with E-state index in [2.05, 4.69) is 15.6 Å². The van der Waals surface area contributed by atoms with E-state index in [-0.39, 0.29) is 18.3 Å². The molecule has 0 spiro atoms. The molecule has 2 amide bonds. The largest absolute Gasteiger partial charge is 0.360 e. The van der Waals surface area contributed by atoms with Gasteiger partial charge in [-0.1, -0.05) is 5.16 Å². The maximum Gasteiger partial charge on any atom is 0.257 e. The second-order valence-corrected chi connectivity index (χ2v) is 6.47. The average Bonchev–Trinajstić information content (AvgIpc) is 3.17. The number of amides is 2. The lowest BCUT2D eigenvalue weighted by Crippen LogP contribution is -2.35. The van der Waals surface area contributed by atoms with Crippen LogP contribution in [0.4, 0.5) is 10.2 Å². The van der Waals surface area contributed by atoms with Gasteiger partial charge in [-0.25, -0.2) is 9.07 Å². The number of likely N-dealkylation sites (N-methyl/N-ethyl adjacent to an activating group) is 1. The Morgan fingerprint density at radius 3 is 2.50 bits per heavy atom. The molecule has 0 radical (unpaired) electrons. The normalized spacial score (nSPS) is 10.8. The Kier molecular flexibility index (Phi) is 5.25. The molecule has 2 aromatic heterocycles. The number of carbonyl (C=O) groups excluding carboxylic acids is 2. The van der Waals surface area contributed by atoms with E-state index in [4.69, 9.17) is 4.52 Å². The van der Waals surface area contributed by atoms with E-state index in [0.29, 0.717) is 34.2 Å². The average molecular weight is 385 g/mol. The summed E-state index contributed by atoms with van der Waals surface area (Å²) in [6.07, 6.45) is 0. The lowest BCUT2D eigenvalue weighted by molar-refractivity contribution is -0.116. The van der Waals surface area contributed by atoms with Crippen molar-refractivity contribution in [1.82, 2.24) is 19.8 Å². The van der Waals surface area contributed by atoms with E-state index < -0.39 is 5.91 Å². The lowest BCUT2D eigenvalue weighted by Gasteiger charge is -2.16. The molecule has 8 nitrogen and oxygen atoms in total. The SMILES string of the molecule is Cc1cc(NC(=O)CN(C)C(=O)c2c(C)nn(-c3ccc(F)cc3)c2C)no1.